The van der Waals surface area contributed by atoms with Gasteiger partial charge in [0.25, 0.3) is 0 Å². The van der Waals surface area contributed by atoms with E-state index >= 15 is 0 Å². The molecule has 0 aliphatic carbocycles. The molecule has 0 unspecified atom stereocenters. The standard InChI is InChI=1S/C17H18FN3S2/c1-3-15-9-13(11-22-15)16-19-20-17(21(16)4-2)23-10-12-5-7-14(18)8-6-12/h5-9,11H,3-4,10H2,1-2H3. The van der Waals surface area contributed by atoms with Crippen molar-refractivity contribution in [3.05, 3.63) is 52.0 Å². The summed E-state index contributed by atoms with van der Waals surface area (Å²) in [4.78, 5) is 1.35. The maximum atomic E-state index is 13.0. The molecule has 0 saturated heterocycles. The smallest absolute Gasteiger partial charge is 0.191 e. The maximum absolute atomic E-state index is 13.0. The van der Waals surface area contributed by atoms with Gasteiger partial charge in [-0.15, -0.1) is 21.5 Å². The molecule has 0 fully saturated rings. The highest BCUT2D eigenvalue weighted by Crippen LogP contribution is 2.29. The molecule has 0 aliphatic rings. The molecule has 0 aliphatic heterocycles. The Balaban J connectivity index is 1.79. The Kier molecular flexibility index (Phi) is 5.13. The van der Waals surface area contributed by atoms with Crippen molar-refractivity contribution in [2.45, 2.75) is 37.7 Å². The lowest BCUT2D eigenvalue weighted by molar-refractivity contribution is 0.627. The van der Waals surface area contributed by atoms with Gasteiger partial charge in [-0.3, -0.25) is 0 Å². The molecule has 0 atom stereocenters. The first kappa shape index (κ1) is 16.2. The minimum Gasteiger partial charge on any atom is -0.302 e. The van der Waals surface area contributed by atoms with Crippen molar-refractivity contribution in [3.8, 4) is 11.4 Å². The number of rotatable bonds is 6. The molecule has 0 bridgehead atoms. The zero-order valence-corrected chi connectivity index (χ0v) is 14.8. The number of aryl methyl sites for hydroxylation is 1. The van der Waals surface area contributed by atoms with E-state index in [1.165, 1.54) is 17.0 Å². The van der Waals surface area contributed by atoms with Crippen LogP contribution in [0.4, 0.5) is 4.39 Å². The van der Waals surface area contributed by atoms with E-state index in [4.69, 9.17) is 0 Å². The fraction of sp³-hybridized carbons (Fsp3) is 0.294. The van der Waals surface area contributed by atoms with Gasteiger partial charge in [0, 0.05) is 28.1 Å². The van der Waals surface area contributed by atoms with Crippen LogP contribution in [0.2, 0.25) is 0 Å². The lowest BCUT2D eigenvalue weighted by Gasteiger charge is -2.06. The number of thiophene rings is 1. The van der Waals surface area contributed by atoms with Gasteiger partial charge < -0.3 is 4.57 Å². The molecule has 0 N–H and O–H groups in total. The summed E-state index contributed by atoms with van der Waals surface area (Å²) < 4.78 is 15.1. The zero-order valence-electron chi connectivity index (χ0n) is 13.1. The van der Waals surface area contributed by atoms with Crippen LogP contribution in [0.3, 0.4) is 0 Å². The van der Waals surface area contributed by atoms with Crippen LogP contribution in [0.5, 0.6) is 0 Å². The lowest BCUT2D eigenvalue weighted by atomic mass is 10.2. The Morgan fingerprint density at radius 1 is 1.17 bits per heavy atom. The van der Waals surface area contributed by atoms with E-state index < -0.39 is 0 Å². The number of aromatic nitrogens is 3. The fourth-order valence-corrected chi connectivity index (χ4v) is 4.08. The van der Waals surface area contributed by atoms with Crippen LogP contribution in [0.15, 0.2) is 40.9 Å². The molecule has 23 heavy (non-hydrogen) atoms. The van der Waals surface area contributed by atoms with Crippen LogP contribution in [-0.2, 0) is 18.7 Å². The molecule has 0 spiro atoms. The van der Waals surface area contributed by atoms with Gasteiger partial charge in [-0.1, -0.05) is 30.8 Å². The van der Waals surface area contributed by atoms with Gasteiger partial charge in [0.15, 0.2) is 11.0 Å². The number of nitrogens with zero attached hydrogens (tertiary/aromatic N) is 3. The molecule has 3 aromatic rings. The third kappa shape index (κ3) is 3.64. The summed E-state index contributed by atoms with van der Waals surface area (Å²) in [6, 6.07) is 8.78. The Labute approximate surface area is 143 Å². The molecule has 0 radical (unpaired) electrons. The van der Waals surface area contributed by atoms with Gasteiger partial charge in [-0.25, -0.2) is 4.39 Å². The molecule has 3 nitrogen and oxygen atoms in total. The van der Waals surface area contributed by atoms with Gasteiger partial charge in [0.2, 0.25) is 0 Å². The van der Waals surface area contributed by atoms with Crippen molar-refractivity contribution >= 4 is 23.1 Å². The van der Waals surface area contributed by atoms with Crippen LogP contribution < -0.4 is 0 Å². The number of hydrogen-bond acceptors (Lipinski definition) is 4. The van der Waals surface area contributed by atoms with Crippen molar-refractivity contribution in [3.63, 3.8) is 0 Å². The van der Waals surface area contributed by atoms with Crippen LogP contribution >= 0.6 is 23.1 Å². The molecule has 6 heteroatoms. The van der Waals surface area contributed by atoms with Crippen molar-refractivity contribution < 1.29 is 4.39 Å². The van der Waals surface area contributed by atoms with Gasteiger partial charge >= 0.3 is 0 Å². The molecular formula is C17H18FN3S2. The van der Waals surface area contributed by atoms with Gasteiger partial charge in [0.05, 0.1) is 0 Å². The van der Waals surface area contributed by atoms with Crippen LogP contribution in [0, 0.1) is 5.82 Å². The Hall–Kier alpha value is -1.66. The quantitative estimate of drug-likeness (QED) is 0.587. The van der Waals surface area contributed by atoms with E-state index in [2.05, 4.69) is 40.1 Å². The van der Waals surface area contributed by atoms with Crippen molar-refractivity contribution in [1.82, 2.24) is 14.8 Å². The summed E-state index contributed by atoms with van der Waals surface area (Å²) in [5.74, 6) is 1.47. The first-order valence-electron chi connectivity index (χ1n) is 7.59. The average molecular weight is 347 g/mol. The molecule has 2 heterocycles. The van der Waals surface area contributed by atoms with Crippen LogP contribution in [0.1, 0.15) is 24.3 Å². The SMILES string of the molecule is CCc1cc(-c2nnc(SCc3ccc(F)cc3)n2CC)cs1. The zero-order chi connectivity index (χ0) is 16.2. The van der Waals surface area contributed by atoms with E-state index in [1.54, 1.807) is 23.1 Å². The molecule has 0 amide bonds. The normalized spacial score (nSPS) is 11.1. The Morgan fingerprint density at radius 3 is 2.61 bits per heavy atom. The number of halogens is 1. The summed E-state index contributed by atoms with van der Waals surface area (Å²) in [7, 11) is 0. The largest absolute Gasteiger partial charge is 0.302 e. The monoisotopic (exact) mass is 347 g/mol. The third-order valence-electron chi connectivity index (χ3n) is 3.57. The number of hydrogen-bond donors (Lipinski definition) is 0. The van der Waals surface area contributed by atoms with Crippen LogP contribution in [-0.4, -0.2) is 14.8 Å². The highest BCUT2D eigenvalue weighted by atomic mass is 32.2. The number of benzene rings is 1. The first-order chi connectivity index (χ1) is 11.2. The van der Waals surface area contributed by atoms with Crippen LogP contribution in [0.25, 0.3) is 11.4 Å². The summed E-state index contributed by atoms with van der Waals surface area (Å²) in [5, 5.41) is 11.7. The Bertz CT molecular complexity index is 777. The number of thioether (sulfide) groups is 1. The van der Waals surface area contributed by atoms with E-state index in [1.807, 2.05) is 12.1 Å². The molecule has 2 aromatic heterocycles. The third-order valence-corrected chi connectivity index (χ3v) is 5.69. The van der Waals surface area contributed by atoms with Gasteiger partial charge in [-0.2, -0.15) is 0 Å². The van der Waals surface area contributed by atoms with E-state index in [9.17, 15) is 4.39 Å². The first-order valence-corrected chi connectivity index (χ1v) is 9.46. The van der Waals surface area contributed by atoms with Crippen molar-refractivity contribution in [1.29, 1.82) is 0 Å². The minimum atomic E-state index is -0.207. The molecule has 3 rings (SSSR count). The topological polar surface area (TPSA) is 30.7 Å². The fourth-order valence-electron chi connectivity index (χ4n) is 2.31. The Morgan fingerprint density at radius 2 is 1.96 bits per heavy atom. The van der Waals surface area contributed by atoms with Gasteiger partial charge in [-0.05, 0) is 37.1 Å². The second kappa shape index (κ2) is 7.27. The molecular weight excluding hydrogens is 329 g/mol. The second-order valence-corrected chi connectivity index (χ2v) is 7.06. The summed E-state index contributed by atoms with van der Waals surface area (Å²) in [6.07, 6.45) is 1.04. The van der Waals surface area contributed by atoms with Crippen molar-refractivity contribution in [2.24, 2.45) is 0 Å². The molecule has 1 aromatic carbocycles. The minimum absolute atomic E-state index is 0.207. The highest BCUT2D eigenvalue weighted by Gasteiger charge is 2.14. The van der Waals surface area contributed by atoms with E-state index in [0.29, 0.717) is 0 Å². The predicted octanol–water partition coefficient (Wildman–Crippen LogP) is 5.02. The average Bonchev–Trinajstić information content (AvgIpc) is 3.20. The van der Waals surface area contributed by atoms with E-state index in [-0.39, 0.29) is 5.82 Å². The summed E-state index contributed by atoms with van der Waals surface area (Å²) >= 11 is 3.39. The van der Waals surface area contributed by atoms with Crippen molar-refractivity contribution in [2.75, 3.05) is 0 Å². The molecule has 120 valence electrons. The molecule has 0 saturated carbocycles. The summed E-state index contributed by atoms with van der Waals surface area (Å²) in [6.45, 7) is 5.08. The second-order valence-electron chi connectivity index (χ2n) is 5.12. The highest BCUT2D eigenvalue weighted by molar-refractivity contribution is 7.98. The van der Waals surface area contributed by atoms with Gasteiger partial charge in [0.1, 0.15) is 5.82 Å². The summed E-state index contributed by atoms with van der Waals surface area (Å²) in [5.41, 5.74) is 2.21. The lowest BCUT2D eigenvalue weighted by Crippen LogP contribution is -1.99. The van der Waals surface area contributed by atoms with E-state index in [0.717, 1.165) is 40.8 Å². The maximum Gasteiger partial charge on any atom is 0.191 e. The predicted molar refractivity (Wildman–Crippen MR) is 94.3 cm³/mol.